The van der Waals surface area contributed by atoms with Gasteiger partial charge in [0.05, 0.1) is 19.3 Å². The predicted molar refractivity (Wildman–Crippen MR) is 106 cm³/mol. The Balaban J connectivity index is 1.70. The summed E-state index contributed by atoms with van der Waals surface area (Å²) in [5.41, 5.74) is 1.85. The molecule has 0 aliphatic heterocycles. The summed E-state index contributed by atoms with van der Waals surface area (Å²) >= 11 is 0. The molecular formula is C23H20O5. The Hall–Kier alpha value is -3.60. The summed E-state index contributed by atoms with van der Waals surface area (Å²) in [6, 6.07) is 17.5. The van der Waals surface area contributed by atoms with E-state index in [0.29, 0.717) is 35.0 Å². The van der Waals surface area contributed by atoms with Gasteiger partial charge in [-0.15, -0.1) is 0 Å². The van der Waals surface area contributed by atoms with E-state index in [1.54, 1.807) is 74.7 Å². The molecule has 0 atom stereocenters. The summed E-state index contributed by atoms with van der Waals surface area (Å²) < 4.78 is 15.9. The number of carbonyl (C=O) groups is 2. The zero-order valence-electron chi connectivity index (χ0n) is 15.7. The van der Waals surface area contributed by atoms with Gasteiger partial charge >= 0.3 is 5.97 Å². The Kier molecular flexibility index (Phi) is 6.07. The molecule has 0 spiro atoms. The zero-order valence-corrected chi connectivity index (χ0v) is 15.7. The molecule has 142 valence electrons. The number of hydrogen-bond donors (Lipinski definition) is 0. The van der Waals surface area contributed by atoms with Gasteiger partial charge in [-0.2, -0.15) is 0 Å². The average molecular weight is 376 g/mol. The highest BCUT2D eigenvalue weighted by atomic mass is 16.5. The first-order valence-electron chi connectivity index (χ1n) is 8.84. The van der Waals surface area contributed by atoms with Gasteiger partial charge in [0.1, 0.15) is 17.3 Å². The molecule has 0 fully saturated rings. The minimum Gasteiger partial charge on any atom is -0.497 e. The number of ketones is 1. The van der Waals surface area contributed by atoms with Gasteiger partial charge < -0.3 is 13.9 Å². The first-order valence-corrected chi connectivity index (χ1v) is 8.84. The average Bonchev–Trinajstić information content (AvgIpc) is 3.21. The lowest BCUT2D eigenvalue weighted by Gasteiger charge is -2.02. The van der Waals surface area contributed by atoms with Gasteiger partial charge in [0.25, 0.3) is 0 Å². The predicted octanol–water partition coefficient (Wildman–Crippen LogP) is 5.03. The third kappa shape index (κ3) is 4.57. The molecule has 0 bridgehead atoms. The molecule has 0 N–H and O–H groups in total. The second-order valence-electron chi connectivity index (χ2n) is 5.93. The second kappa shape index (κ2) is 8.86. The molecule has 0 radical (unpaired) electrons. The van der Waals surface area contributed by atoms with E-state index < -0.39 is 0 Å². The Morgan fingerprint density at radius 1 is 1.00 bits per heavy atom. The molecule has 0 aliphatic rings. The molecule has 0 unspecified atom stereocenters. The van der Waals surface area contributed by atoms with E-state index in [0.717, 1.165) is 5.56 Å². The lowest BCUT2D eigenvalue weighted by molar-refractivity contribution is 0.0526. The lowest BCUT2D eigenvalue weighted by Crippen LogP contribution is -2.03. The van der Waals surface area contributed by atoms with Crippen molar-refractivity contribution in [3.8, 4) is 17.1 Å². The summed E-state index contributed by atoms with van der Waals surface area (Å²) in [7, 11) is 1.56. The summed E-state index contributed by atoms with van der Waals surface area (Å²) in [5.74, 6) is 1.33. The molecule has 1 heterocycles. The summed E-state index contributed by atoms with van der Waals surface area (Å²) in [6.07, 6.45) is 3.08. The number of furan rings is 1. The van der Waals surface area contributed by atoms with E-state index in [1.807, 2.05) is 6.07 Å². The Bertz CT molecular complexity index is 996. The standard InChI is InChI=1S/C23H20O5/c1-3-27-23(25)17-9-7-16(8-10-17)22-14-12-19(28-22)11-13-21(24)18-5-4-6-20(15-18)26-2/h4-15H,3H2,1-2H3/b13-11+. The monoisotopic (exact) mass is 376 g/mol. The topological polar surface area (TPSA) is 65.7 Å². The van der Waals surface area contributed by atoms with Gasteiger partial charge in [-0.25, -0.2) is 4.79 Å². The molecule has 0 saturated carbocycles. The van der Waals surface area contributed by atoms with Crippen molar-refractivity contribution in [2.75, 3.05) is 13.7 Å². The van der Waals surface area contributed by atoms with Crippen LogP contribution >= 0.6 is 0 Å². The van der Waals surface area contributed by atoms with Crippen molar-refractivity contribution in [2.45, 2.75) is 6.92 Å². The van der Waals surface area contributed by atoms with Crippen molar-refractivity contribution < 1.29 is 23.5 Å². The van der Waals surface area contributed by atoms with Crippen LogP contribution in [0.1, 0.15) is 33.4 Å². The van der Waals surface area contributed by atoms with Crippen molar-refractivity contribution in [2.24, 2.45) is 0 Å². The van der Waals surface area contributed by atoms with Gasteiger partial charge in [-0.3, -0.25) is 4.79 Å². The fraction of sp³-hybridized carbons (Fsp3) is 0.130. The molecule has 1 aromatic heterocycles. The number of hydrogen-bond acceptors (Lipinski definition) is 5. The molecule has 0 saturated heterocycles. The lowest BCUT2D eigenvalue weighted by atomic mass is 10.1. The van der Waals surface area contributed by atoms with Gasteiger partial charge in [0, 0.05) is 11.1 Å². The Morgan fingerprint density at radius 2 is 1.79 bits per heavy atom. The number of ether oxygens (including phenoxy) is 2. The summed E-state index contributed by atoms with van der Waals surface area (Å²) in [5, 5.41) is 0. The third-order valence-electron chi connectivity index (χ3n) is 4.06. The molecule has 28 heavy (non-hydrogen) atoms. The highest BCUT2D eigenvalue weighted by Crippen LogP contribution is 2.24. The van der Waals surface area contributed by atoms with Crippen molar-refractivity contribution in [3.05, 3.63) is 83.6 Å². The van der Waals surface area contributed by atoms with Crippen LogP contribution in [-0.4, -0.2) is 25.5 Å². The normalized spacial score (nSPS) is 10.8. The van der Waals surface area contributed by atoms with E-state index in [-0.39, 0.29) is 11.8 Å². The number of rotatable bonds is 7. The summed E-state index contributed by atoms with van der Waals surface area (Å²) in [6.45, 7) is 2.10. The van der Waals surface area contributed by atoms with Crippen LogP contribution in [0.15, 0.2) is 71.2 Å². The number of esters is 1. The maximum Gasteiger partial charge on any atom is 0.338 e. The first-order chi connectivity index (χ1) is 13.6. The van der Waals surface area contributed by atoms with E-state index in [4.69, 9.17) is 13.9 Å². The fourth-order valence-corrected chi connectivity index (χ4v) is 2.61. The maximum atomic E-state index is 12.3. The zero-order chi connectivity index (χ0) is 19.9. The van der Waals surface area contributed by atoms with Crippen LogP contribution in [0, 0.1) is 0 Å². The summed E-state index contributed by atoms with van der Waals surface area (Å²) in [4.78, 5) is 24.0. The van der Waals surface area contributed by atoms with Crippen LogP contribution in [0.4, 0.5) is 0 Å². The molecule has 5 heteroatoms. The molecule has 0 aliphatic carbocycles. The number of carbonyl (C=O) groups excluding carboxylic acids is 2. The molecule has 2 aromatic carbocycles. The Morgan fingerprint density at radius 3 is 2.50 bits per heavy atom. The van der Waals surface area contributed by atoms with Crippen molar-refractivity contribution >= 4 is 17.8 Å². The minimum absolute atomic E-state index is 0.143. The van der Waals surface area contributed by atoms with Crippen LogP contribution in [0.2, 0.25) is 0 Å². The largest absolute Gasteiger partial charge is 0.497 e. The van der Waals surface area contributed by atoms with Crippen LogP contribution in [-0.2, 0) is 4.74 Å². The van der Waals surface area contributed by atoms with Gasteiger partial charge in [-0.05, 0) is 55.5 Å². The van der Waals surface area contributed by atoms with Gasteiger partial charge in [0.15, 0.2) is 5.78 Å². The van der Waals surface area contributed by atoms with E-state index in [1.165, 1.54) is 6.08 Å². The molecule has 3 rings (SSSR count). The molecule has 5 nitrogen and oxygen atoms in total. The number of allylic oxidation sites excluding steroid dienone is 1. The Labute approximate surface area is 163 Å². The number of benzene rings is 2. The second-order valence-corrected chi connectivity index (χ2v) is 5.93. The van der Waals surface area contributed by atoms with Crippen molar-refractivity contribution in [1.29, 1.82) is 0 Å². The number of methoxy groups -OCH3 is 1. The third-order valence-corrected chi connectivity index (χ3v) is 4.06. The van der Waals surface area contributed by atoms with Gasteiger partial charge in [-0.1, -0.05) is 24.3 Å². The SMILES string of the molecule is CCOC(=O)c1ccc(-c2ccc(/C=C/C(=O)c3cccc(OC)c3)o2)cc1. The van der Waals surface area contributed by atoms with Crippen molar-refractivity contribution in [1.82, 2.24) is 0 Å². The minimum atomic E-state index is -0.354. The highest BCUT2D eigenvalue weighted by Gasteiger charge is 2.09. The van der Waals surface area contributed by atoms with Crippen LogP contribution in [0.25, 0.3) is 17.4 Å². The quantitative estimate of drug-likeness (QED) is 0.329. The fourth-order valence-electron chi connectivity index (χ4n) is 2.61. The van der Waals surface area contributed by atoms with E-state index in [2.05, 4.69) is 0 Å². The molecule has 3 aromatic rings. The van der Waals surface area contributed by atoms with E-state index >= 15 is 0 Å². The first kappa shape index (κ1) is 19.2. The van der Waals surface area contributed by atoms with Crippen molar-refractivity contribution in [3.63, 3.8) is 0 Å². The van der Waals surface area contributed by atoms with Crippen LogP contribution in [0.5, 0.6) is 5.75 Å². The molecule has 0 amide bonds. The molecular weight excluding hydrogens is 356 g/mol. The van der Waals surface area contributed by atoms with Crippen LogP contribution < -0.4 is 4.74 Å². The van der Waals surface area contributed by atoms with Gasteiger partial charge in [0.2, 0.25) is 0 Å². The highest BCUT2D eigenvalue weighted by molar-refractivity contribution is 6.06. The van der Waals surface area contributed by atoms with Crippen LogP contribution in [0.3, 0.4) is 0 Å². The smallest absolute Gasteiger partial charge is 0.338 e. The van der Waals surface area contributed by atoms with E-state index in [9.17, 15) is 9.59 Å². The maximum absolute atomic E-state index is 12.3.